The van der Waals surface area contributed by atoms with Crippen molar-refractivity contribution >= 4 is 0 Å². The van der Waals surface area contributed by atoms with Crippen LogP contribution in [0, 0.1) is 0 Å². The molecule has 0 aliphatic rings. The van der Waals surface area contributed by atoms with Crippen LogP contribution >= 0.6 is 0 Å². The van der Waals surface area contributed by atoms with E-state index in [9.17, 15) is 0 Å². The third-order valence-electron chi connectivity index (χ3n) is 2.44. The van der Waals surface area contributed by atoms with E-state index in [2.05, 4.69) is 23.4 Å². The lowest BCUT2D eigenvalue weighted by Gasteiger charge is -2.22. The molecule has 1 aromatic heterocycles. The van der Waals surface area contributed by atoms with Crippen molar-refractivity contribution in [3.63, 3.8) is 0 Å². The Morgan fingerprint density at radius 2 is 2.21 bits per heavy atom. The molecule has 0 bridgehead atoms. The van der Waals surface area contributed by atoms with Crippen LogP contribution in [0.4, 0.5) is 0 Å². The smallest absolute Gasteiger partial charge is 0.0948 e. The summed E-state index contributed by atoms with van der Waals surface area (Å²) in [4.78, 5) is 4.18. The van der Waals surface area contributed by atoms with Crippen molar-refractivity contribution < 1.29 is 0 Å². The topological polar surface area (TPSA) is 43.8 Å². The fourth-order valence-corrected chi connectivity index (χ4v) is 1.52. The van der Waals surface area contributed by atoms with Gasteiger partial charge in [-0.2, -0.15) is 0 Å². The van der Waals surface area contributed by atoms with Crippen LogP contribution in [-0.2, 0) is 6.54 Å². The highest BCUT2D eigenvalue weighted by atomic mass is 15.1. The molecule has 3 heteroatoms. The third-order valence-corrected chi connectivity index (χ3v) is 2.44. The molecule has 80 valence electrons. The minimum atomic E-state index is -0.178. The fraction of sp³-hybridized carbons (Fsp3) is 0.727. The van der Waals surface area contributed by atoms with Crippen molar-refractivity contribution in [3.05, 3.63) is 18.2 Å². The van der Waals surface area contributed by atoms with Crippen LogP contribution in [0.5, 0.6) is 0 Å². The van der Waals surface area contributed by atoms with Crippen molar-refractivity contribution in [2.75, 3.05) is 0 Å². The van der Waals surface area contributed by atoms with Crippen molar-refractivity contribution in [1.82, 2.24) is 9.55 Å². The highest BCUT2D eigenvalue weighted by Crippen LogP contribution is 2.19. The van der Waals surface area contributed by atoms with Crippen LogP contribution in [0.1, 0.15) is 45.7 Å². The normalized spacial score (nSPS) is 14.4. The molecule has 3 nitrogen and oxygen atoms in total. The van der Waals surface area contributed by atoms with Crippen molar-refractivity contribution in [2.24, 2.45) is 5.73 Å². The van der Waals surface area contributed by atoms with E-state index in [0.29, 0.717) is 5.92 Å². The minimum Gasteiger partial charge on any atom is -0.333 e. The average molecular weight is 195 g/mol. The Balaban J connectivity index is 2.82. The maximum Gasteiger partial charge on any atom is 0.0948 e. The second-order valence-electron chi connectivity index (χ2n) is 4.74. The standard InChI is InChI=1S/C11H21N3/c1-5-9(2)10-6-13-8-14(10)7-11(3,4)12/h6,8-9H,5,7,12H2,1-4H3. The monoisotopic (exact) mass is 195 g/mol. The molecule has 1 rings (SSSR count). The van der Waals surface area contributed by atoms with Gasteiger partial charge in [0.1, 0.15) is 0 Å². The van der Waals surface area contributed by atoms with Crippen LogP contribution in [0.2, 0.25) is 0 Å². The minimum absolute atomic E-state index is 0.178. The van der Waals surface area contributed by atoms with Crippen LogP contribution in [0.25, 0.3) is 0 Å². The number of hydrogen-bond donors (Lipinski definition) is 1. The van der Waals surface area contributed by atoms with Crippen molar-refractivity contribution in [2.45, 2.75) is 52.1 Å². The Bertz CT molecular complexity index is 283. The first-order valence-electron chi connectivity index (χ1n) is 5.23. The summed E-state index contributed by atoms with van der Waals surface area (Å²) in [5.74, 6) is 0.555. The van der Waals surface area contributed by atoms with Gasteiger partial charge in [-0.3, -0.25) is 0 Å². The lowest BCUT2D eigenvalue weighted by atomic mass is 10.0. The Morgan fingerprint density at radius 1 is 1.57 bits per heavy atom. The van der Waals surface area contributed by atoms with E-state index in [0.717, 1.165) is 13.0 Å². The van der Waals surface area contributed by atoms with Crippen LogP contribution < -0.4 is 5.73 Å². The molecule has 0 saturated heterocycles. The fourth-order valence-electron chi connectivity index (χ4n) is 1.52. The summed E-state index contributed by atoms with van der Waals surface area (Å²) in [7, 11) is 0. The first-order chi connectivity index (χ1) is 6.44. The highest BCUT2D eigenvalue weighted by molar-refractivity contribution is 5.05. The molecule has 0 saturated carbocycles. The molecule has 14 heavy (non-hydrogen) atoms. The van der Waals surface area contributed by atoms with Crippen LogP contribution in [0.15, 0.2) is 12.5 Å². The lowest BCUT2D eigenvalue weighted by Crippen LogP contribution is -2.37. The Morgan fingerprint density at radius 3 is 2.71 bits per heavy atom. The van der Waals surface area contributed by atoms with E-state index in [1.165, 1.54) is 5.69 Å². The molecular formula is C11H21N3. The molecule has 1 heterocycles. The molecule has 1 aromatic rings. The van der Waals surface area contributed by atoms with E-state index < -0.39 is 0 Å². The quantitative estimate of drug-likeness (QED) is 0.800. The summed E-state index contributed by atoms with van der Waals surface area (Å²) in [5.41, 5.74) is 7.09. The zero-order valence-corrected chi connectivity index (χ0v) is 9.62. The van der Waals surface area contributed by atoms with E-state index in [4.69, 9.17) is 5.73 Å². The third kappa shape index (κ3) is 2.84. The van der Waals surface area contributed by atoms with Gasteiger partial charge >= 0.3 is 0 Å². The number of nitrogens with zero attached hydrogens (tertiary/aromatic N) is 2. The van der Waals surface area contributed by atoms with Gasteiger partial charge in [0.05, 0.1) is 6.33 Å². The largest absolute Gasteiger partial charge is 0.333 e. The number of aromatic nitrogens is 2. The predicted molar refractivity (Wildman–Crippen MR) is 59.2 cm³/mol. The zero-order valence-electron chi connectivity index (χ0n) is 9.62. The van der Waals surface area contributed by atoms with Gasteiger partial charge in [-0.15, -0.1) is 0 Å². The first-order valence-corrected chi connectivity index (χ1v) is 5.23. The molecule has 0 aromatic carbocycles. The molecule has 2 N–H and O–H groups in total. The summed E-state index contributed by atoms with van der Waals surface area (Å²) in [6, 6.07) is 0. The van der Waals surface area contributed by atoms with E-state index in [1.54, 1.807) is 0 Å². The predicted octanol–water partition coefficient (Wildman–Crippen LogP) is 2.13. The van der Waals surface area contributed by atoms with Gasteiger partial charge < -0.3 is 10.3 Å². The second kappa shape index (κ2) is 4.13. The highest BCUT2D eigenvalue weighted by Gasteiger charge is 2.15. The van der Waals surface area contributed by atoms with E-state index in [-0.39, 0.29) is 5.54 Å². The van der Waals surface area contributed by atoms with Crippen molar-refractivity contribution in [3.8, 4) is 0 Å². The lowest BCUT2D eigenvalue weighted by molar-refractivity contribution is 0.420. The van der Waals surface area contributed by atoms with Crippen LogP contribution in [-0.4, -0.2) is 15.1 Å². The summed E-state index contributed by atoms with van der Waals surface area (Å²) in [6.45, 7) is 9.31. The molecule has 0 aliphatic carbocycles. The average Bonchev–Trinajstić information content (AvgIpc) is 2.48. The maximum atomic E-state index is 5.99. The summed E-state index contributed by atoms with van der Waals surface area (Å²) < 4.78 is 2.16. The molecule has 1 atom stereocenters. The van der Waals surface area contributed by atoms with Gasteiger partial charge in [0.15, 0.2) is 0 Å². The van der Waals surface area contributed by atoms with Gasteiger partial charge in [-0.25, -0.2) is 4.98 Å². The van der Waals surface area contributed by atoms with E-state index in [1.807, 2.05) is 26.4 Å². The number of imidazole rings is 1. The molecule has 1 unspecified atom stereocenters. The van der Waals surface area contributed by atoms with Gasteiger partial charge in [0, 0.05) is 24.0 Å². The van der Waals surface area contributed by atoms with Crippen LogP contribution in [0.3, 0.4) is 0 Å². The Hall–Kier alpha value is -0.830. The number of nitrogens with two attached hydrogens (primary N) is 1. The van der Waals surface area contributed by atoms with Crippen molar-refractivity contribution in [1.29, 1.82) is 0 Å². The second-order valence-corrected chi connectivity index (χ2v) is 4.74. The molecule has 0 radical (unpaired) electrons. The summed E-state index contributed by atoms with van der Waals surface area (Å²) in [6.07, 6.45) is 4.95. The van der Waals surface area contributed by atoms with Gasteiger partial charge in [-0.05, 0) is 26.2 Å². The molecule has 0 amide bonds. The van der Waals surface area contributed by atoms with Gasteiger partial charge in [0.25, 0.3) is 0 Å². The number of rotatable bonds is 4. The summed E-state index contributed by atoms with van der Waals surface area (Å²) in [5, 5.41) is 0. The number of hydrogen-bond acceptors (Lipinski definition) is 2. The zero-order chi connectivity index (χ0) is 10.8. The Labute approximate surface area is 86.3 Å². The van der Waals surface area contributed by atoms with E-state index >= 15 is 0 Å². The Kier molecular flexibility index (Phi) is 3.32. The molecule has 0 fully saturated rings. The van der Waals surface area contributed by atoms with Gasteiger partial charge in [0.2, 0.25) is 0 Å². The van der Waals surface area contributed by atoms with Gasteiger partial charge in [-0.1, -0.05) is 13.8 Å². The summed E-state index contributed by atoms with van der Waals surface area (Å²) >= 11 is 0. The first kappa shape index (κ1) is 11.2. The SMILES string of the molecule is CCC(C)c1cncn1CC(C)(C)N. The maximum absolute atomic E-state index is 5.99. The molecular weight excluding hydrogens is 174 g/mol. The molecule has 0 aliphatic heterocycles. The molecule has 0 spiro atoms.